The molecular weight excluding hydrogens is 196 g/mol. The Balaban J connectivity index is 2.53. The number of methoxy groups -OCH3 is 1. The van der Waals surface area contributed by atoms with Crippen LogP contribution in [0.4, 0.5) is 0 Å². The van der Waals surface area contributed by atoms with Crippen molar-refractivity contribution in [3.05, 3.63) is 0 Å². The van der Waals surface area contributed by atoms with E-state index in [1.165, 1.54) is 0 Å². The zero-order chi connectivity index (χ0) is 11.1. The molecule has 1 rings (SSSR count). The van der Waals surface area contributed by atoms with E-state index in [1.807, 2.05) is 6.92 Å². The molecule has 0 radical (unpaired) electrons. The molecule has 2 atom stereocenters. The Kier molecular flexibility index (Phi) is 4.89. The first kappa shape index (κ1) is 12.3. The summed E-state index contributed by atoms with van der Waals surface area (Å²) < 4.78 is 15.1. The molecule has 2 unspecified atom stereocenters. The molecule has 4 nitrogen and oxygen atoms in total. The second-order valence-corrected chi connectivity index (χ2v) is 3.54. The number of hydrogen-bond donors (Lipinski definition) is 1. The molecule has 1 fully saturated rings. The largest absolute Gasteiger partial charge is 0.447 e. The lowest BCUT2D eigenvalue weighted by Crippen LogP contribution is -2.38. The monoisotopic (exact) mass is 214 g/mol. The first-order valence-electron chi connectivity index (χ1n) is 5.20. The second-order valence-electron chi connectivity index (χ2n) is 3.54. The van der Waals surface area contributed by atoms with Crippen molar-refractivity contribution in [3.8, 4) is 12.0 Å². The summed E-state index contributed by atoms with van der Waals surface area (Å²) in [5, 5.41) is 10.2. The van der Waals surface area contributed by atoms with Gasteiger partial charge in [-0.2, -0.15) is 0 Å². The normalized spacial score (nSPS) is 29.7. The summed E-state index contributed by atoms with van der Waals surface area (Å²) in [6.07, 6.45) is 4.57. The molecule has 0 aromatic heterocycles. The van der Waals surface area contributed by atoms with Gasteiger partial charge in [-0.25, -0.2) is 0 Å². The molecule has 0 saturated heterocycles. The molecule has 1 N–H and O–H groups in total. The predicted octanol–water partition coefficient (Wildman–Crippen LogP) is 0.888. The third-order valence-electron chi connectivity index (χ3n) is 2.43. The highest BCUT2D eigenvalue weighted by atomic mass is 16.7. The van der Waals surface area contributed by atoms with E-state index < -0.39 is 5.60 Å². The fraction of sp³-hybridized carbons (Fsp3) is 0.818. The van der Waals surface area contributed by atoms with Gasteiger partial charge in [0.1, 0.15) is 19.0 Å². The van der Waals surface area contributed by atoms with Gasteiger partial charge in [-0.1, -0.05) is 0 Å². The van der Waals surface area contributed by atoms with Crippen LogP contribution >= 0.6 is 0 Å². The van der Waals surface area contributed by atoms with Gasteiger partial charge < -0.3 is 19.3 Å². The summed E-state index contributed by atoms with van der Waals surface area (Å²) in [7, 11) is 1.56. The molecule has 0 aromatic carbocycles. The maximum atomic E-state index is 10.2. The van der Waals surface area contributed by atoms with Gasteiger partial charge in [-0.15, -0.1) is 0 Å². The summed E-state index contributed by atoms with van der Waals surface area (Å²) in [6, 6.07) is 0. The Morgan fingerprint density at radius 3 is 3.00 bits per heavy atom. The molecule has 0 bridgehead atoms. The summed E-state index contributed by atoms with van der Waals surface area (Å²) in [4.78, 5) is 0. The van der Waals surface area contributed by atoms with Crippen LogP contribution in [0.1, 0.15) is 26.2 Å². The molecule has 4 heteroatoms. The highest BCUT2D eigenvalue weighted by Gasteiger charge is 2.41. The van der Waals surface area contributed by atoms with E-state index in [9.17, 15) is 5.11 Å². The number of hydrogen-bond acceptors (Lipinski definition) is 4. The van der Waals surface area contributed by atoms with Crippen LogP contribution in [0.3, 0.4) is 0 Å². The van der Waals surface area contributed by atoms with Gasteiger partial charge in [-0.05, 0) is 32.1 Å². The minimum absolute atomic E-state index is 0.184. The number of ether oxygens (including phenoxy) is 3. The van der Waals surface area contributed by atoms with Crippen molar-refractivity contribution in [2.75, 3.05) is 20.5 Å². The summed E-state index contributed by atoms with van der Waals surface area (Å²) >= 11 is 0. The average Bonchev–Trinajstić information content (AvgIpc) is 2.58. The third kappa shape index (κ3) is 3.38. The highest BCUT2D eigenvalue weighted by Crippen LogP contribution is 2.31. The van der Waals surface area contributed by atoms with Crippen molar-refractivity contribution in [3.63, 3.8) is 0 Å². The van der Waals surface area contributed by atoms with Crippen molar-refractivity contribution in [1.29, 1.82) is 0 Å². The maximum absolute atomic E-state index is 10.2. The third-order valence-corrected chi connectivity index (χ3v) is 2.43. The molecule has 1 aliphatic carbocycles. The van der Waals surface area contributed by atoms with Crippen LogP contribution in [0, 0.1) is 12.0 Å². The lowest BCUT2D eigenvalue weighted by molar-refractivity contribution is -0.121. The molecule has 0 aromatic rings. The van der Waals surface area contributed by atoms with Crippen LogP contribution in [0.5, 0.6) is 0 Å². The second kappa shape index (κ2) is 5.96. The summed E-state index contributed by atoms with van der Waals surface area (Å²) in [5.41, 5.74) is -1.08. The lowest BCUT2D eigenvalue weighted by atomic mass is 10.0. The van der Waals surface area contributed by atoms with Crippen molar-refractivity contribution in [2.24, 2.45) is 0 Å². The minimum Gasteiger partial charge on any atom is -0.447 e. The zero-order valence-corrected chi connectivity index (χ0v) is 9.28. The molecule has 15 heavy (non-hydrogen) atoms. The van der Waals surface area contributed by atoms with Crippen molar-refractivity contribution >= 4 is 0 Å². The van der Waals surface area contributed by atoms with Gasteiger partial charge in [-0.3, -0.25) is 0 Å². The lowest BCUT2D eigenvalue weighted by Gasteiger charge is -2.23. The van der Waals surface area contributed by atoms with E-state index in [1.54, 1.807) is 7.11 Å². The van der Waals surface area contributed by atoms with Gasteiger partial charge in [0.2, 0.25) is 0 Å². The molecule has 0 aliphatic heterocycles. The van der Waals surface area contributed by atoms with Gasteiger partial charge in [0.15, 0.2) is 5.60 Å². The highest BCUT2D eigenvalue weighted by molar-refractivity contribution is 5.16. The topological polar surface area (TPSA) is 47.9 Å². The van der Waals surface area contributed by atoms with Crippen molar-refractivity contribution in [1.82, 2.24) is 0 Å². The Bertz CT molecular complexity index is 243. The van der Waals surface area contributed by atoms with Crippen LogP contribution in [-0.4, -0.2) is 37.3 Å². The van der Waals surface area contributed by atoms with E-state index in [0.29, 0.717) is 13.0 Å². The SMILES string of the molecule is CCOC#CC1(O)CCCC1OCOC. The van der Waals surface area contributed by atoms with Crippen molar-refractivity contribution < 1.29 is 19.3 Å². The van der Waals surface area contributed by atoms with Gasteiger partial charge in [0.25, 0.3) is 0 Å². The Morgan fingerprint density at radius 1 is 1.53 bits per heavy atom. The number of rotatable bonds is 4. The first-order chi connectivity index (χ1) is 7.23. The smallest absolute Gasteiger partial charge is 0.154 e. The zero-order valence-electron chi connectivity index (χ0n) is 9.28. The van der Waals surface area contributed by atoms with Gasteiger partial charge in [0, 0.05) is 7.11 Å². The molecule has 0 heterocycles. The summed E-state index contributed by atoms with van der Waals surface area (Å²) in [6.45, 7) is 2.56. The average molecular weight is 214 g/mol. The van der Waals surface area contributed by atoms with E-state index in [4.69, 9.17) is 14.2 Å². The predicted molar refractivity (Wildman–Crippen MR) is 55.0 cm³/mol. The van der Waals surface area contributed by atoms with Crippen molar-refractivity contribution in [2.45, 2.75) is 37.9 Å². The minimum atomic E-state index is -1.08. The van der Waals surface area contributed by atoms with E-state index in [-0.39, 0.29) is 12.9 Å². The molecule has 86 valence electrons. The fourth-order valence-corrected chi connectivity index (χ4v) is 1.67. The Labute approximate surface area is 90.5 Å². The van der Waals surface area contributed by atoms with Crippen LogP contribution in [0.2, 0.25) is 0 Å². The van der Waals surface area contributed by atoms with Crippen LogP contribution in [0.25, 0.3) is 0 Å². The van der Waals surface area contributed by atoms with E-state index >= 15 is 0 Å². The van der Waals surface area contributed by atoms with Crippen LogP contribution in [-0.2, 0) is 14.2 Å². The van der Waals surface area contributed by atoms with E-state index in [2.05, 4.69) is 12.0 Å². The fourth-order valence-electron chi connectivity index (χ4n) is 1.67. The van der Waals surface area contributed by atoms with E-state index in [0.717, 1.165) is 12.8 Å². The number of aliphatic hydroxyl groups is 1. The summed E-state index contributed by atoms with van der Waals surface area (Å²) in [5.74, 6) is 2.72. The Morgan fingerprint density at radius 2 is 2.33 bits per heavy atom. The molecular formula is C11H18O4. The first-order valence-corrected chi connectivity index (χ1v) is 5.20. The molecule has 1 saturated carbocycles. The molecule has 1 aliphatic rings. The van der Waals surface area contributed by atoms with Gasteiger partial charge in [0.05, 0.1) is 6.61 Å². The molecule has 0 spiro atoms. The van der Waals surface area contributed by atoms with Gasteiger partial charge >= 0.3 is 0 Å². The Hall–Kier alpha value is -0.760. The van der Waals surface area contributed by atoms with Crippen LogP contribution < -0.4 is 0 Å². The molecule has 0 amide bonds. The standard InChI is InChI=1S/C11H18O4/c1-3-14-8-7-11(12)6-4-5-10(11)15-9-13-2/h10,12H,3-6,9H2,1-2H3. The quantitative estimate of drug-likeness (QED) is 0.557. The van der Waals surface area contributed by atoms with Crippen LogP contribution in [0.15, 0.2) is 0 Å². The maximum Gasteiger partial charge on any atom is 0.154 e.